The normalized spacial score (nSPS) is 23.4. The van der Waals surface area contributed by atoms with Crippen LogP contribution in [-0.4, -0.2) is 32.7 Å². The predicted molar refractivity (Wildman–Crippen MR) is 52.2 cm³/mol. The molecule has 0 aromatic carbocycles. The lowest BCUT2D eigenvalue weighted by atomic mass is 9.83. The van der Waals surface area contributed by atoms with Gasteiger partial charge in [0, 0.05) is 30.2 Å². The summed E-state index contributed by atoms with van der Waals surface area (Å²) in [4.78, 5) is 6.84. The molecule has 6 heteroatoms. The van der Waals surface area contributed by atoms with E-state index in [0.717, 1.165) is 12.4 Å². The van der Waals surface area contributed by atoms with Crippen LogP contribution < -0.4 is 10.2 Å². The van der Waals surface area contributed by atoms with Gasteiger partial charge in [0.05, 0.1) is 0 Å². The molecule has 2 N–H and O–H groups in total. The Morgan fingerprint density at radius 3 is 2.36 bits per heavy atom. The molecule has 1 aromatic heterocycles. The Hall–Kier alpha value is -1.14. The van der Waals surface area contributed by atoms with Crippen LogP contribution in [0.15, 0.2) is 12.4 Å². The van der Waals surface area contributed by atoms with E-state index in [0.29, 0.717) is 0 Å². The number of hydrogen-bond donors (Lipinski definition) is 2. The Balaban J connectivity index is 3.42. The van der Waals surface area contributed by atoms with Crippen LogP contribution in [0.1, 0.15) is 32.9 Å². The maximum absolute atomic E-state index is 8.90. The molecule has 0 fully saturated rings. The number of aromatic nitrogens is 2. The highest BCUT2D eigenvalue weighted by atomic mass is 16.5. The quantitative estimate of drug-likeness (QED) is 0.626. The smallest absolute Gasteiger partial charge is 0.458 e. The fraction of sp³-hybridized carbons (Fsp3) is 0.500. The molecule has 0 spiro atoms. The number of hydrogen-bond acceptors (Lipinski definition) is 5. The van der Waals surface area contributed by atoms with Crippen LogP contribution in [0.4, 0.5) is 0 Å². The molecule has 0 radical (unpaired) electrons. The summed E-state index contributed by atoms with van der Waals surface area (Å²) in [6.45, 7) is -10.7. The first-order chi connectivity index (χ1) is 10.1. The third-order valence-electron chi connectivity index (χ3n) is 1.19. The number of rotatable bonds is 2. The number of nitrogens with zero attached hydrogens (tertiary/aromatic N) is 2. The molecule has 0 aliphatic rings. The largest absolute Gasteiger partial charge is 0.491 e. The van der Waals surface area contributed by atoms with Crippen molar-refractivity contribution >= 4 is 12.6 Å². The summed E-state index contributed by atoms with van der Waals surface area (Å²) in [7, 11) is -1.92. The molecule has 0 saturated heterocycles. The fourth-order valence-electron chi connectivity index (χ4n) is 0.649. The average Bonchev–Trinajstić information content (AvgIpc) is 2.31. The standard InChI is InChI=1S/C8H13BN2O3/c1-8(2,3)14-7-10-4-6(5-11-7)9(12)13/h4-5,12-13H,1-3H3/i1D3,2D3,3D3. The summed E-state index contributed by atoms with van der Waals surface area (Å²) >= 11 is 0. The van der Waals surface area contributed by atoms with Crippen LogP contribution in [0.3, 0.4) is 0 Å². The van der Waals surface area contributed by atoms with E-state index in [1.54, 1.807) is 0 Å². The summed E-state index contributed by atoms with van der Waals surface area (Å²) in [6, 6.07) is -0.835. The first-order valence-corrected chi connectivity index (χ1v) is 3.50. The first kappa shape index (κ1) is 3.79. The fourth-order valence-corrected chi connectivity index (χ4v) is 0.649. The van der Waals surface area contributed by atoms with Gasteiger partial charge in [0.2, 0.25) is 0 Å². The van der Waals surface area contributed by atoms with Gasteiger partial charge in [0.1, 0.15) is 5.60 Å². The van der Waals surface area contributed by atoms with Crippen molar-refractivity contribution < 1.29 is 27.1 Å². The molecule has 14 heavy (non-hydrogen) atoms. The average molecular weight is 205 g/mol. The molecular formula is C8H13BN2O3. The maximum Gasteiger partial charge on any atom is 0.491 e. The third kappa shape index (κ3) is 3.31. The first-order valence-electron chi connectivity index (χ1n) is 8.00. The van der Waals surface area contributed by atoms with Gasteiger partial charge in [0.15, 0.2) is 0 Å². The zero-order valence-electron chi connectivity index (χ0n) is 15.9. The summed E-state index contributed by atoms with van der Waals surface area (Å²) in [5.41, 5.74) is -3.73. The van der Waals surface area contributed by atoms with Gasteiger partial charge in [-0.1, -0.05) is 0 Å². The third-order valence-corrected chi connectivity index (χ3v) is 1.19. The Labute approximate surface area is 95.6 Å². The van der Waals surface area contributed by atoms with Gasteiger partial charge in [-0.25, -0.2) is 9.97 Å². The van der Waals surface area contributed by atoms with Crippen molar-refractivity contribution in [3.63, 3.8) is 0 Å². The summed E-state index contributed by atoms with van der Waals surface area (Å²) in [5.74, 6) is 0. The van der Waals surface area contributed by atoms with E-state index in [-0.39, 0.29) is 5.46 Å². The van der Waals surface area contributed by atoms with Crippen LogP contribution in [-0.2, 0) is 0 Å². The van der Waals surface area contributed by atoms with Gasteiger partial charge in [-0.3, -0.25) is 0 Å². The molecular weight excluding hydrogens is 183 g/mol. The van der Waals surface area contributed by atoms with E-state index in [4.69, 9.17) is 27.1 Å². The Bertz CT molecular complexity index is 504. The number of ether oxygens (including phenoxy) is 1. The van der Waals surface area contributed by atoms with E-state index < -0.39 is 39.3 Å². The molecule has 0 atom stereocenters. The monoisotopic (exact) mass is 205 g/mol. The van der Waals surface area contributed by atoms with Crippen LogP contribution >= 0.6 is 0 Å². The zero-order valence-corrected chi connectivity index (χ0v) is 6.93. The van der Waals surface area contributed by atoms with Gasteiger partial charge < -0.3 is 14.8 Å². The van der Waals surface area contributed by atoms with Crippen molar-refractivity contribution in [2.45, 2.75) is 26.2 Å². The molecule has 76 valence electrons. The van der Waals surface area contributed by atoms with Crippen molar-refractivity contribution in [2.75, 3.05) is 0 Å². The SMILES string of the molecule is [2H]C([2H])([2H])C(Oc1ncc(B(O)O)cn1)(C([2H])([2H])[2H])C([2H])([2H])[2H]. The van der Waals surface area contributed by atoms with E-state index in [1.807, 2.05) is 0 Å². The predicted octanol–water partition coefficient (Wildman–Crippen LogP) is -0.666. The Kier molecular flexibility index (Phi) is 1.06. The molecule has 1 aromatic rings. The molecule has 1 heterocycles. The summed E-state index contributed by atoms with van der Waals surface area (Å²) in [6.07, 6.45) is 1.66. The van der Waals surface area contributed by atoms with Crippen LogP contribution in [0.25, 0.3) is 0 Å². The van der Waals surface area contributed by atoms with Crippen molar-refractivity contribution in [1.29, 1.82) is 0 Å². The topological polar surface area (TPSA) is 75.5 Å². The van der Waals surface area contributed by atoms with E-state index in [1.165, 1.54) is 0 Å². The van der Waals surface area contributed by atoms with Crippen LogP contribution in [0.2, 0.25) is 0 Å². The van der Waals surface area contributed by atoms with Gasteiger partial charge in [-0.15, -0.1) is 0 Å². The molecule has 0 bridgehead atoms. The molecule has 0 amide bonds. The van der Waals surface area contributed by atoms with Crippen LogP contribution in [0.5, 0.6) is 6.01 Å². The van der Waals surface area contributed by atoms with Gasteiger partial charge in [-0.2, -0.15) is 0 Å². The minimum atomic E-state index is -3.55. The lowest BCUT2D eigenvalue weighted by molar-refractivity contribution is 0.117. The Morgan fingerprint density at radius 1 is 1.36 bits per heavy atom. The Morgan fingerprint density at radius 2 is 1.93 bits per heavy atom. The lowest BCUT2D eigenvalue weighted by Crippen LogP contribution is -2.31. The molecule has 0 aliphatic heterocycles. The van der Waals surface area contributed by atoms with E-state index in [9.17, 15) is 0 Å². The van der Waals surface area contributed by atoms with Crippen LogP contribution in [0, 0.1) is 0 Å². The van der Waals surface area contributed by atoms with Crippen molar-refractivity contribution in [3.05, 3.63) is 12.4 Å². The summed E-state index contributed by atoms with van der Waals surface area (Å²) in [5, 5.41) is 17.8. The van der Waals surface area contributed by atoms with E-state index >= 15 is 0 Å². The summed E-state index contributed by atoms with van der Waals surface area (Å²) < 4.78 is 71.0. The highest BCUT2D eigenvalue weighted by Gasteiger charge is 2.15. The lowest BCUT2D eigenvalue weighted by Gasteiger charge is -2.18. The highest BCUT2D eigenvalue weighted by molar-refractivity contribution is 6.58. The minimum Gasteiger partial charge on any atom is -0.458 e. The zero-order chi connectivity index (χ0) is 18.3. The van der Waals surface area contributed by atoms with E-state index in [2.05, 4.69) is 9.97 Å². The second-order valence-corrected chi connectivity index (χ2v) is 2.46. The minimum absolute atomic E-state index is 0.181. The molecule has 1 rings (SSSR count). The highest BCUT2D eigenvalue weighted by Crippen LogP contribution is 2.10. The molecule has 0 saturated carbocycles. The van der Waals surface area contributed by atoms with Gasteiger partial charge in [-0.05, 0) is 20.6 Å². The second-order valence-electron chi connectivity index (χ2n) is 2.46. The molecule has 0 aliphatic carbocycles. The second kappa shape index (κ2) is 3.94. The van der Waals surface area contributed by atoms with Crippen molar-refractivity contribution in [3.8, 4) is 6.01 Å². The van der Waals surface area contributed by atoms with Gasteiger partial charge >= 0.3 is 13.1 Å². The van der Waals surface area contributed by atoms with Crippen molar-refractivity contribution in [2.24, 2.45) is 0 Å². The molecule has 5 nitrogen and oxygen atoms in total. The maximum atomic E-state index is 8.90. The van der Waals surface area contributed by atoms with Crippen molar-refractivity contribution in [1.82, 2.24) is 9.97 Å². The van der Waals surface area contributed by atoms with Gasteiger partial charge in [0.25, 0.3) is 0 Å². The molecule has 0 unspecified atom stereocenters.